The molecule has 0 unspecified atom stereocenters. The van der Waals surface area contributed by atoms with Crippen molar-refractivity contribution in [3.63, 3.8) is 0 Å². The molecule has 0 radical (unpaired) electrons. The predicted octanol–water partition coefficient (Wildman–Crippen LogP) is 3.00. The Kier molecular flexibility index (Phi) is 3.81. The van der Waals surface area contributed by atoms with Gasteiger partial charge in [-0.1, -0.05) is 12.1 Å². The van der Waals surface area contributed by atoms with Crippen LogP contribution >= 0.6 is 11.3 Å². The van der Waals surface area contributed by atoms with Crippen LogP contribution in [0.1, 0.15) is 11.7 Å². The molecule has 3 rings (SSSR count). The van der Waals surface area contributed by atoms with Crippen molar-refractivity contribution in [1.29, 1.82) is 0 Å². The number of aliphatic hydroxyl groups excluding tert-OH is 1. The fraction of sp³-hybridized carbons (Fsp3) is 0.200. The van der Waals surface area contributed by atoms with E-state index in [1.54, 1.807) is 23.5 Å². The average Bonchev–Trinajstić information content (AvgIpc) is 2.96. The van der Waals surface area contributed by atoms with Gasteiger partial charge in [0.1, 0.15) is 18.0 Å². The molecule has 1 aromatic carbocycles. The molecule has 0 aliphatic carbocycles. The van der Waals surface area contributed by atoms with Crippen LogP contribution in [0.4, 0.5) is 10.2 Å². The van der Waals surface area contributed by atoms with E-state index in [1.807, 2.05) is 23.4 Å². The third-order valence-corrected chi connectivity index (χ3v) is 4.19. The van der Waals surface area contributed by atoms with E-state index >= 15 is 0 Å². The van der Waals surface area contributed by atoms with E-state index in [9.17, 15) is 9.50 Å². The first-order valence-corrected chi connectivity index (χ1v) is 7.36. The van der Waals surface area contributed by atoms with Gasteiger partial charge in [-0.2, -0.15) is 0 Å². The minimum atomic E-state index is -0.708. The minimum absolute atomic E-state index is 0.310. The number of likely N-dealkylation sites (N-methyl/N-ethyl adjacent to an activating group) is 1. The lowest BCUT2D eigenvalue weighted by atomic mass is 10.1. The highest BCUT2D eigenvalue weighted by atomic mass is 32.1. The molecule has 6 heteroatoms. The van der Waals surface area contributed by atoms with E-state index in [-0.39, 0.29) is 5.82 Å². The molecule has 1 N–H and O–H groups in total. The topological polar surface area (TPSA) is 49.2 Å². The summed E-state index contributed by atoms with van der Waals surface area (Å²) in [4.78, 5) is 10.4. The molecule has 0 aliphatic heterocycles. The fourth-order valence-electron chi connectivity index (χ4n) is 2.18. The molecule has 2 aromatic heterocycles. The maximum atomic E-state index is 12.9. The van der Waals surface area contributed by atoms with Gasteiger partial charge in [0.25, 0.3) is 0 Å². The number of hydrogen-bond donors (Lipinski definition) is 1. The maximum Gasteiger partial charge on any atom is 0.149 e. The van der Waals surface area contributed by atoms with Crippen molar-refractivity contribution in [3.8, 4) is 0 Å². The van der Waals surface area contributed by atoms with Crippen LogP contribution in [0.25, 0.3) is 10.2 Å². The SMILES string of the molecule is CN(C[C@@H](O)c1ccc(F)cc1)c1ncnc2ccsc12. The predicted molar refractivity (Wildman–Crippen MR) is 82.0 cm³/mol. The first kappa shape index (κ1) is 13.9. The molecule has 0 saturated carbocycles. The number of rotatable bonds is 4. The van der Waals surface area contributed by atoms with Crippen molar-refractivity contribution in [2.45, 2.75) is 6.10 Å². The molecule has 0 spiro atoms. The molecule has 0 amide bonds. The zero-order chi connectivity index (χ0) is 14.8. The molecule has 0 saturated heterocycles. The second kappa shape index (κ2) is 5.75. The van der Waals surface area contributed by atoms with Crippen molar-refractivity contribution < 1.29 is 9.50 Å². The van der Waals surface area contributed by atoms with Crippen LogP contribution in [0, 0.1) is 5.82 Å². The lowest BCUT2D eigenvalue weighted by Gasteiger charge is -2.22. The summed E-state index contributed by atoms with van der Waals surface area (Å²) >= 11 is 1.57. The Hall–Kier alpha value is -2.05. The van der Waals surface area contributed by atoms with Crippen LogP contribution in [0.2, 0.25) is 0 Å². The number of benzene rings is 1. The van der Waals surface area contributed by atoms with Gasteiger partial charge < -0.3 is 10.0 Å². The van der Waals surface area contributed by atoms with Gasteiger partial charge in [-0.25, -0.2) is 14.4 Å². The zero-order valence-electron chi connectivity index (χ0n) is 11.4. The number of thiophene rings is 1. The molecule has 0 fully saturated rings. The summed E-state index contributed by atoms with van der Waals surface area (Å²) < 4.78 is 13.9. The highest BCUT2D eigenvalue weighted by Gasteiger charge is 2.15. The summed E-state index contributed by atoms with van der Waals surface area (Å²) in [6.45, 7) is 0.371. The zero-order valence-corrected chi connectivity index (χ0v) is 12.2. The molecular formula is C15H14FN3OS. The van der Waals surface area contributed by atoms with Crippen molar-refractivity contribution in [1.82, 2.24) is 9.97 Å². The normalized spacial score (nSPS) is 12.5. The van der Waals surface area contributed by atoms with Crippen LogP contribution in [0.15, 0.2) is 42.0 Å². The van der Waals surface area contributed by atoms with Crippen LogP contribution in [0.3, 0.4) is 0 Å². The molecule has 3 aromatic rings. The number of halogens is 1. The van der Waals surface area contributed by atoms with E-state index in [0.29, 0.717) is 12.1 Å². The van der Waals surface area contributed by atoms with E-state index in [2.05, 4.69) is 9.97 Å². The van der Waals surface area contributed by atoms with Gasteiger partial charge in [-0.3, -0.25) is 0 Å². The Bertz CT molecular complexity index is 744. The van der Waals surface area contributed by atoms with Crippen molar-refractivity contribution >= 4 is 27.4 Å². The van der Waals surface area contributed by atoms with Crippen LogP contribution in [-0.4, -0.2) is 28.7 Å². The average molecular weight is 303 g/mol. The van der Waals surface area contributed by atoms with Crippen LogP contribution in [-0.2, 0) is 0 Å². The Morgan fingerprint density at radius 2 is 2.00 bits per heavy atom. The summed E-state index contributed by atoms with van der Waals surface area (Å²) in [7, 11) is 1.87. The van der Waals surface area contributed by atoms with Crippen LogP contribution in [0.5, 0.6) is 0 Å². The second-order valence-electron chi connectivity index (χ2n) is 4.78. The quantitative estimate of drug-likeness (QED) is 0.805. The second-order valence-corrected chi connectivity index (χ2v) is 5.70. The molecule has 0 aliphatic rings. The summed E-state index contributed by atoms with van der Waals surface area (Å²) in [6.07, 6.45) is 0.811. The van der Waals surface area contributed by atoms with E-state index in [4.69, 9.17) is 0 Å². The first-order valence-electron chi connectivity index (χ1n) is 6.48. The lowest BCUT2D eigenvalue weighted by molar-refractivity contribution is 0.185. The molecule has 0 bridgehead atoms. The van der Waals surface area contributed by atoms with Crippen molar-refractivity contribution in [2.24, 2.45) is 0 Å². The van der Waals surface area contributed by atoms with E-state index < -0.39 is 6.10 Å². The Morgan fingerprint density at radius 1 is 1.24 bits per heavy atom. The van der Waals surface area contributed by atoms with Crippen molar-refractivity contribution in [2.75, 3.05) is 18.5 Å². The Labute approximate surface area is 125 Å². The van der Waals surface area contributed by atoms with E-state index in [1.165, 1.54) is 18.5 Å². The maximum absolute atomic E-state index is 12.9. The third-order valence-electron chi connectivity index (χ3n) is 3.29. The van der Waals surface area contributed by atoms with Gasteiger partial charge in [0.2, 0.25) is 0 Å². The molecule has 21 heavy (non-hydrogen) atoms. The molecule has 108 valence electrons. The smallest absolute Gasteiger partial charge is 0.149 e. The standard InChI is InChI=1S/C15H14FN3OS/c1-19(8-13(20)10-2-4-11(16)5-3-10)15-14-12(6-7-21-14)17-9-18-15/h2-7,9,13,20H,8H2,1H3/t13-/m1/s1. The number of hydrogen-bond acceptors (Lipinski definition) is 5. The number of fused-ring (bicyclic) bond motifs is 1. The van der Waals surface area contributed by atoms with Gasteiger partial charge in [-0.15, -0.1) is 11.3 Å². The number of aliphatic hydroxyl groups is 1. The first-order chi connectivity index (χ1) is 10.1. The number of aromatic nitrogens is 2. The monoisotopic (exact) mass is 303 g/mol. The molecular weight excluding hydrogens is 289 g/mol. The van der Waals surface area contributed by atoms with Gasteiger partial charge in [-0.05, 0) is 29.1 Å². The van der Waals surface area contributed by atoms with Crippen LogP contribution < -0.4 is 4.90 Å². The highest BCUT2D eigenvalue weighted by Crippen LogP contribution is 2.28. The third kappa shape index (κ3) is 2.86. The van der Waals surface area contributed by atoms with Gasteiger partial charge >= 0.3 is 0 Å². The summed E-state index contributed by atoms with van der Waals surface area (Å²) in [5.41, 5.74) is 1.58. The molecule has 2 heterocycles. The molecule has 4 nitrogen and oxygen atoms in total. The highest BCUT2D eigenvalue weighted by molar-refractivity contribution is 7.17. The van der Waals surface area contributed by atoms with Gasteiger partial charge in [0, 0.05) is 13.6 Å². The van der Waals surface area contributed by atoms with Gasteiger partial charge in [0.05, 0.1) is 16.3 Å². The van der Waals surface area contributed by atoms with Gasteiger partial charge in [0.15, 0.2) is 0 Å². The Balaban J connectivity index is 1.81. The number of nitrogens with zero attached hydrogens (tertiary/aromatic N) is 3. The fourth-order valence-corrected chi connectivity index (χ4v) is 3.07. The summed E-state index contributed by atoms with van der Waals surface area (Å²) in [5, 5.41) is 12.2. The van der Waals surface area contributed by atoms with E-state index in [0.717, 1.165) is 16.0 Å². The lowest BCUT2D eigenvalue weighted by Crippen LogP contribution is -2.25. The summed E-state index contributed by atoms with van der Waals surface area (Å²) in [5.74, 6) is 0.478. The van der Waals surface area contributed by atoms with Crippen molar-refractivity contribution in [3.05, 3.63) is 53.4 Å². The largest absolute Gasteiger partial charge is 0.387 e. The minimum Gasteiger partial charge on any atom is -0.387 e. The molecule has 1 atom stereocenters. The number of anilines is 1. The Morgan fingerprint density at radius 3 is 2.76 bits per heavy atom. The summed E-state index contributed by atoms with van der Waals surface area (Å²) in [6, 6.07) is 7.82.